The molecule has 1 amide bonds. The molecule has 0 aliphatic rings. The van der Waals surface area contributed by atoms with Gasteiger partial charge in [-0.2, -0.15) is 0 Å². The Hall–Kier alpha value is -2.18. The summed E-state index contributed by atoms with van der Waals surface area (Å²) in [5.74, 6) is 0.391. The Kier molecular flexibility index (Phi) is 6.58. The van der Waals surface area contributed by atoms with Gasteiger partial charge in [-0.15, -0.1) is 0 Å². The molecule has 1 aromatic heterocycles. The summed E-state index contributed by atoms with van der Waals surface area (Å²) in [5, 5.41) is 16.6. The fourth-order valence-corrected chi connectivity index (χ4v) is 1.62. The van der Waals surface area contributed by atoms with Crippen molar-refractivity contribution in [3.8, 4) is 0 Å². The van der Waals surface area contributed by atoms with Crippen LogP contribution in [0.25, 0.3) is 0 Å². The van der Waals surface area contributed by atoms with Gasteiger partial charge >= 0.3 is 0 Å². The first kappa shape index (κ1) is 16.9. The molecule has 0 bridgehead atoms. The van der Waals surface area contributed by atoms with E-state index in [2.05, 4.69) is 15.6 Å². The largest absolute Gasteiger partial charge is 0.369 e. The lowest BCUT2D eigenvalue weighted by Crippen LogP contribution is -2.29. The van der Waals surface area contributed by atoms with E-state index >= 15 is 0 Å². The van der Waals surface area contributed by atoms with Crippen LogP contribution in [0, 0.1) is 16.0 Å². The van der Waals surface area contributed by atoms with Gasteiger partial charge in [-0.1, -0.05) is 27.2 Å². The highest BCUT2D eigenvalue weighted by atomic mass is 16.6. The fraction of sp³-hybridized carbons (Fsp3) is 0.571. The minimum absolute atomic E-state index is 0.189. The summed E-state index contributed by atoms with van der Waals surface area (Å²) in [7, 11) is 0. The molecule has 0 radical (unpaired) electrons. The second kappa shape index (κ2) is 8.18. The number of carbonyl (C=O) groups excluding carboxylic acids is 1. The smallest absolute Gasteiger partial charge is 0.288 e. The van der Waals surface area contributed by atoms with Crippen LogP contribution in [0.4, 0.5) is 11.5 Å². The highest BCUT2D eigenvalue weighted by Gasteiger charge is 2.18. The normalized spacial score (nSPS) is 11.8. The van der Waals surface area contributed by atoms with E-state index in [0.717, 1.165) is 19.0 Å². The Balaban J connectivity index is 2.95. The van der Waals surface area contributed by atoms with Crippen molar-refractivity contribution in [1.82, 2.24) is 10.3 Å². The molecule has 21 heavy (non-hydrogen) atoms. The zero-order chi connectivity index (χ0) is 15.8. The number of nitrogens with one attached hydrogen (secondary N) is 2. The van der Waals surface area contributed by atoms with Gasteiger partial charge in [0.25, 0.3) is 11.6 Å². The van der Waals surface area contributed by atoms with E-state index in [1.807, 2.05) is 20.8 Å². The number of carbonyl (C=O) groups is 1. The Bertz CT molecular complexity index is 505. The SMILES string of the molecule is CCCNc1ncc([N+](=O)[O-])cc1C(=O)NCC(C)CC. The molecule has 1 rings (SSSR count). The van der Waals surface area contributed by atoms with E-state index in [9.17, 15) is 14.9 Å². The predicted molar refractivity (Wildman–Crippen MR) is 81.5 cm³/mol. The molecule has 0 spiro atoms. The lowest BCUT2D eigenvalue weighted by atomic mass is 10.1. The third-order valence-corrected chi connectivity index (χ3v) is 3.18. The van der Waals surface area contributed by atoms with Crippen molar-refractivity contribution < 1.29 is 9.72 Å². The lowest BCUT2D eigenvalue weighted by molar-refractivity contribution is -0.385. The maximum atomic E-state index is 12.2. The van der Waals surface area contributed by atoms with Crippen molar-refractivity contribution in [3.63, 3.8) is 0 Å². The van der Waals surface area contributed by atoms with Crippen LogP contribution in [-0.4, -0.2) is 28.9 Å². The van der Waals surface area contributed by atoms with E-state index in [4.69, 9.17) is 0 Å². The number of anilines is 1. The van der Waals surface area contributed by atoms with Gasteiger partial charge in [-0.3, -0.25) is 14.9 Å². The monoisotopic (exact) mass is 294 g/mol. The predicted octanol–water partition coefficient (Wildman–Crippen LogP) is 2.59. The molecule has 1 aromatic rings. The maximum absolute atomic E-state index is 12.2. The van der Waals surface area contributed by atoms with Crippen LogP contribution < -0.4 is 10.6 Å². The molecule has 116 valence electrons. The summed E-state index contributed by atoms with van der Waals surface area (Å²) in [5.41, 5.74) is 0.0201. The average molecular weight is 294 g/mol. The lowest BCUT2D eigenvalue weighted by Gasteiger charge is -2.13. The van der Waals surface area contributed by atoms with E-state index in [0.29, 0.717) is 24.8 Å². The van der Waals surface area contributed by atoms with Crippen LogP contribution in [0.1, 0.15) is 44.0 Å². The molecular formula is C14H22N4O3. The minimum atomic E-state index is -0.554. The van der Waals surface area contributed by atoms with Crippen LogP contribution in [0.15, 0.2) is 12.3 Å². The van der Waals surface area contributed by atoms with Gasteiger partial charge in [-0.25, -0.2) is 4.98 Å². The average Bonchev–Trinajstić information content (AvgIpc) is 2.49. The summed E-state index contributed by atoms with van der Waals surface area (Å²) in [6, 6.07) is 1.26. The first-order chi connectivity index (χ1) is 9.99. The Labute approximate surface area is 124 Å². The standard InChI is InChI=1S/C14H22N4O3/c1-4-6-15-13-12(7-11(9-16-13)18(20)21)14(19)17-8-10(3)5-2/h7,9-10H,4-6,8H2,1-3H3,(H,15,16)(H,17,19). The molecule has 2 N–H and O–H groups in total. The first-order valence-corrected chi connectivity index (χ1v) is 7.16. The Morgan fingerprint density at radius 1 is 1.48 bits per heavy atom. The van der Waals surface area contributed by atoms with Gasteiger partial charge in [-0.05, 0) is 12.3 Å². The number of rotatable bonds is 8. The van der Waals surface area contributed by atoms with E-state index < -0.39 is 4.92 Å². The number of aromatic nitrogens is 1. The number of amides is 1. The third-order valence-electron chi connectivity index (χ3n) is 3.18. The van der Waals surface area contributed by atoms with Crippen molar-refractivity contribution in [2.24, 2.45) is 5.92 Å². The quantitative estimate of drug-likeness (QED) is 0.567. The molecule has 7 nitrogen and oxygen atoms in total. The van der Waals surface area contributed by atoms with Gasteiger partial charge in [0.15, 0.2) is 0 Å². The molecule has 1 atom stereocenters. The van der Waals surface area contributed by atoms with Crippen molar-refractivity contribution in [3.05, 3.63) is 27.9 Å². The molecule has 0 fully saturated rings. The summed E-state index contributed by atoms with van der Waals surface area (Å²) in [6.45, 7) is 7.24. The van der Waals surface area contributed by atoms with Gasteiger partial charge in [0.05, 0.1) is 10.5 Å². The number of pyridine rings is 1. The van der Waals surface area contributed by atoms with Gasteiger partial charge in [0.2, 0.25) is 0 Å². The van der Waals surface area contributed by atoms with Crippen molar-refractivity contribution >= 4 is 17.4 Å². The topological polar surface area (TPSA) is 97.2 Å². The molecule has 0 aliphatic carbocycles. The molecule has 0 aromatic carbocycles. The van der Waals surface area contributed by atoms with E-state index in [1.165, 1.54) is 6.07 Å². The van der Waals surface area contributed by atoms with Gasteiger partial charge < -0.3 is 10.6 Å². The second-order valence-electron chi connectivity index (χ2n) is 5.00. The molecule has 0 saturated carbocycles. The summed E-state index contributed by atoms with van der Waals surface area (Å²) < 4.78 is 0. The third kappa shape index (κ3) is 5.02. The number of hydrogen-bond donors (Lipinski definition) is 2. The summed E-state index contributed by atoms with van der Waals surface area (Å²) in [6.07, 6.45) is 2.98. The summed E-state index contributed by atoms with van der Waals surface area (Å²) >= 11 is 0. The molecule has 7 heteroatoms. The fourth-order valence-electron chi connectivity index (χ4n) is 1.62. The zero-order valence-corrected chi connectivity index (χ0v) is 12.7. The van der Waals surface area contributed by atoms with E-state index in [1.54, 1.807) is 0 Å². The summed E-state index contributed by atoms with van der Waals surface area (Å²) in [4.78, 5) is 26.5. The maximum Gasteiger partial charge on any atom is 0.288 e. The Morgan fingerprint density at radius 2 is 2.19 bits per heavy atom. The molecule has 0 saturated heterocycles. The van der Waals surface area contributed by atoms with E-state index in [-0.39, 0.29) is 17.2 Å². The van der Waals surface area contributed by atoms with Crippen molar-refractivity contribution in [2.45, 2.75) is 33.6 Å². The number of nitro groups is 1. The number of nitrogens with zero attached hydrogens (tertiary/aromatic N) is 2. The van der Waals surface area contributed by atoms with Crippen LogP contribution in [0.3, 0.4) is 0 Å². The zero-order valence-electron chi connectivity index (χ0n) is 12.7. The first-order valence-electron chi connectivity index (χ1n) is 7.16. The molecular weight excluding hydrogens is 272 g/mol. The van der Waals surface area contributed by atoms with Crippen LogP contribution in [-0.2, 0) is 0 Å². The van der Waals surface area contributed by atoms with Crippen molar-refractivity contribution in [2.75, 3.05) is 18.4 Å². The highest BCUT2D eigenvalue weighted by molar-refractivity contribution is 5.99. The van der Waals surface area contributed by atoms with Crippen LogP contribution >= 0.6 is 0 Å². The van der Waals surface area contributed by atoms with Gasteiger partial charge in [0, 0.05) is 19.2 Å². The molecule has 1 heterocycles. The van der Waals surface area contributed by atoms with Gasteiger partial charge in [0.1, 0.15) is 12.0 Å². The highest BCUT2D eigenvalue weighted by Crippen LogP contribution is 2.19. The van der Waals surface area contributed by atoms with Crippen LogP contribution in [0.2, 0.25) is 0 Å². The second-order valence-corrected chi connectivity index (χ2v) is 5.00. The minimum Gasteiger partial charge on any atom is -0.369 e. The van der Waals surface area contributed by atoms with Crippen LogP contribution in [0.5, 0.6) is 0 Å². The molecule has 1 unspecified atom stereocenters. The Morgan fingerprint density at radius 3 is 2.76 bits per heavy atom. The number of hydrogen-bond acceptors (Lipinski definition) is 5. The van der Waals surface area contributed by atoms with Crippen molar-refractivity contribution in [1.29, 1.82) is 0 Å². The molecule has 0 aliphatic heterocycles.